The minimum atomic E-state index is -1.51. The van der Waals surface area contributed by atoms with Crippen LogP contribution in [0.4, 0.5) is 5.69 Å². The minimum absolute atomic E-state index is 0.150. The van der Waals surface area contributed by atoms with Crippen LogP contribution >= 0.6 is 34.8 Å². The first-order valence-corrected chi connectivity index (χ1v) is 12.0. The van der Waals surface area contributed by atoms with Gasteiger partial charge in [-0.3, -0.25) is 20.2 Å². The van der Waals surface area contributed by atoms with E-state index >= 15 is 0 Å². The largest absolute Gasteiger partial charge is 0.486 e. The van der Waals surface area contributed by atoms with Gasteiger partial charge in [-0.15, -0.1) is 0 Å². The van der Waals surface area contributed by atoms with Crippen LogP contribution in [-0.2, 0) is 16.9 Å². The maximum Gasteiger partial charge on any atom is 0.256 e. The summed E-state index contributed by atoms with van der Waals surface area (Å²) in [5.74, 6) is -0.881. The Morgan fingerprint density at radius 1 is 1.03 bits per heavy atom. The summed E-state index contributed by atoms with van der Waals surface area (Å²) in [6.07, 6.45) is 0. The summed E-state index contributed by atoms with van der Waals surface area (Å²) in [4.78, 5) is 25.2. The second kappa shape index (κ2) is 8.99. The molecule has 35 heavy (non-hydrogen) atoms. The number of nitro groups is 1. The highest BCUT2D eigenvalue weighted by molar-refractivity contribution is 6.37. The smallest absolute Gasteiger partial charge is 0.256 e. The SMILES string of the molecule is C[C@@H]1N[C@]2(C(=O)Nc3ccccc32)[C@H]([N+](=O)[O-])[C@@H]1c1cc(Cl)c(OCc2ccccc2Cl)c(Cl)c1. The zero-order valence-corrected chi connectivity index (χ0v) is 20.7. The van der Waals surface area contributed by atoms with Crippen LogP contribution in [0.1, 0.15) is 29.5 Å². The highest BCUT2D eigenvalue weighted by Gasteiger charge is 2.67. The van der Waals surface area contributed by atoms with Gasteiger partial charge in [-0.25, -0.2) is 0 Å². The molecule has 180 valence electrons. The van der Waals surface area contributed by atoms with Gasteiger partial charge in [0, 0.05) is 32.8 Å². The van der Waals surface area contributed by atoms with Crippen LogP contribution < -0.4 is 15.4 Å². The lowest BCUT2D eigenvalue weighted by molar-refractivity contribution is -0.532. The van der Waals surface area contributed by atoms with Crippen LogP contribution in [0.2, 0.25) is 15.1 Å². The summed E-state index contributed by atoms with van der Waals surface area (Å²) in [6.45, 7) is 1.96. The highest BCUT2D eigenvalue weighted by Crippen LogP contribution is 2.50. The fourth-order valence-electron chi connectivity index (χ4n) is 5.23. The monoisotopic (exact) mass is 531 g/mol. The van der Waals surface area contributed by atoms with Crippen molar-refractivity contribution in [2.75, 3.05) is 5.32 Å². The number of para-hydroxylation sites is 1. The van der Waals surface area contributed by atoms with Crippen molar-refractivity contribution in [2.24, 2.45) is 0 Å². The maximum absolute atomic E-state index is 13.2. The normalized spacial score (nSPS) is 24.9. The number of hydrogen-bond acceptors (Lipinski definition) is 5. The van der Waals surface area contributed by atoms with Crippen molar-refractivity contribution in [3.8, 4) is 5.75 Å². The van der Waals surface area contributed by atoms with Crippen molar-refractivity contribution >= 4 is 46.4 Å². The van der Waals surface area contributed by atoms with Gasteiger partial charge < -0.3 is 10.1 Å². The Labute approximate surface area is 216 Å². The molecule has 0 aliphatic carbocycles. The number of nitrogens with zero attached hydrogens (tertiary/aromatic N) is 1. The molecule has 1 spiro atoms. The van der Waals surface area contributed by atoms with Crippen molar-refractivity contribution in [3.05, 3.63) is 103 Å². The molecule has 3 aromatic rings. The Morgan fingerprint density at radius 3 is 2.37 bits per heavy atom. The highest BCUT2D eigenvalue weighted by atomic mass is 35.5. The summed E-state index contributed by atoms with van der Waals surface area (Å²) in [5, 5.41) is 19.5. The molecule has 0 bridgehead atoms. The molecule has 1 fully saturated rings. The number of ether oxygens (including phenoxy) is 1. The predicted octanol–water partition coefficient (Wildman–Crippen LogP) is 5.79. The van der Waals surface area contributed by atoms with Gasteiger partial charge >= 0.3 is 0 Å². The lowest BCUT2D eigenvalue weighted by Crippen LogP contribution is -2.54. The van der Waals surface area contributed by atoms with Gasteiger partial charge in [0.05, 0.1) is 16.0 Å². The summed E-state index contributed by atoms with van der Waals surface area (Å²) in [5.41, 5.74) is 0.908. The van der Waals surface area contributed by atoms with Crippen molar-refractivity contribution in [1.29, 1.82) is 0 Å². The van der Waals surface area contributed by atoms with E-state index < -0.39 is 34.4 Å². The Morgan fingerprint density at radius 2 is 1.69 bits per heavy atom. The van der Waals surface area contributed by atoms with E-state index in [-0.39, 0.29) is 22.4 Å². The molecule has 0 aromatic heterocycles. The Bertz CT molecular complexity index is 1330. The molecule has 2 aliphatic rings. The van der Waals surface area contributed by atoms with Crippen LogP contribution in [0.15, 0.2) is 60.7 Å². The molecule has 3 aromatic carbocycles. The lowest BCUT2D eigenvalue weighted by atomic mass is 9.78. The van der Waals surface area contributed by atoms with E-state index in [1.165, 1.54) is 0 Å². The molecule has 0 saturated carbocycles. The maximum atomic E-state index is 13.2. The summed E-state index contributed by atoms with van der Waals surface area (Å²) >= 11 is 19.3. The zero-order chi connectivity index (χ0) is 24.9. The summed E-state index contributed by atoms with van der Waals surface area (Å²) in [7, 11) is 0. The molecule has 5 rings (SSSR count). The van der Waals surface area contributed by atoms with Gasteiger partial charge in [0.2, 0.25) is 0 Å². The number of amides is 1. The fraction of sp³-hybridized carbons (Fsp3) is 0.240. The van der Waals surface area contributed by atoms with Crippen molar-refractivity contribution in [2.45, 2.75) is 37.1 Å². The number of carbonyl (C=O) groups is 1. The summed E-state index contributed by atoms with van der Waals surface area (Å²) in [6, 6.07) is 15.8. The van der Waals surface area contributed by atoms with E-state index in [0.29, 0.717) is 21.8 Å². The number of anilines is 1. The molecule has 1 saturated heterocycles. The number of rotatable bonds is 5. The molecule has 2 N–H and O–H groups in total. The van der Waals surface area contributed by atoms with E-state index in [4.69, 9.17) is 39.5 Å². The fourth-order valence-corrected chi connectivity index (χ4v) is 6.03. The second-order valence-corrected chi connectivity index (χ2v) is 9.91. The van der Waals surface area contributed by atoms with Gasteiger partial charge in [0.15, 0.2) is 11.3 Å². The van der Waals surface area contributed by atoms with Crippen molar-refractivity contribution in [1.82, 2.24) is 5.32 Å². The van der Waals surface area contributed by atoms with E-state index in [0.717, 1.165) is 5.56 Å². The van der Waals surface area contributed by atoms with Gasteiger partial charge in [-0.1, -0.05) is 71.2 Å². The third kappa shape index (κ3) is 3.83. The average molecular weight is 533 g/mol. The predicted molar refractivity (Wildman–Crippen MR) is 135 cm³/mol. The molecule has 7 nitrogen and oxygen atoms in total. The first kappa shape index (κ1) is 23.9. The Hall–Kier alpha value is -2.84. The molecule has 1 amide bonds. The standard InChI is InChI=1S/C25H20Cl3N3O4/c1-13-21(23(31(33)34)25(30-13)16-7-3-5-9-20(16)29-24(25)32)15-10-18(27)22(19(28)11-15)35-12-14-6-2-4-8-17(14)26/h2-11,13,21,23,30H,12H2,1H3,(H,29,32)/t13-,21-,23+,25-/m0/s1. The number of hydrogen-bond donors (Lipinski definition) is 2. The van der Waals surface area contributed by atoms with E-state index in [9.17, 15) is 14.9 Å². The third-order valence-electron chi connectivity index (χ3n) is 6.70. The second-order valence-electron chi connectivity index (χ2n) is 8.69. The van der Waals surface area contributed by atoms with Crippen LogP contribution in [0, 0.1) is 10.1 Å². The zero-order valence-electron chi connectivity index (χ0n) is 18.4. The molecule has 0 unspecified atom stereocenters. The topological polar surface area (TPSA) is 93.5 Å². The molecule has 4 atom stereocenters. The van der Waals surface area contributed by atoms with Crippen LogP contribution in [0.25, 0.3) is 0 Å². The van der Waals surface area contributed by atoms with Gasteiger partial charge in [-0.2, -0.15) is 0 Å². The van der Waals surface area contributed by atoms with Crippen LogP contribution in [0.3, 0.4) is 0 Å². The third-order valence-corrected chi connectivity index (χ3v) is 7.63. The molecule has 0 radical (unpaired) electrons. The molecule has 2 aliphatic heterocycles. The van der Waals surface area contributed by atoms with Crippen LogP contribution in [0.5, 0.6) is 5.75 Å². The summed E-state index contributed by atoms with van der Waals surface area (Å²) < 4.78 is 5.85. The minimum Gasteiger partial charge on any atom is -0.486 e. The van der Waals surface area contributed by atoms with E-state index in [1.807, 2.05) is 25.1 Å². The molecular formula is C25H20Cl3N3O4. The quantitative estimate of drug-likeness (QED) is 0.320. The first-order valence-electron chi connectivity index (χ1n) is 10.9. The lowest BCUT2D eigenvalue weighted by Gasteiger charge is -2.25. The van der Waals surface area contributed by atoms with E-state index in [1.54, 1.807) is 42.5 Å². The Balaban J connectivity index is 1.52. The molecular weight excluding hydrogens is 513 g/mol. The number of halogens is 3. The molecule has 2 heterocycles. The van der Waals surface area contributed by atoms with E-state index in [2.05, 4.69) is 10.6 Å². The van der Waals surface area contributed by atoms with Gasteiger partial charge in [-0.05, 0) is 36.8 Å². The van der Waals surface area contributed by atoms with Gasteiger partial charge in [0.25, 0.3) is 11.9 Å². The van der Waals surface area contributed by atoms with Crippen molar-refractivity contribution in [3.63, 3.8) is 0 Å². The number of carbonyl (C=O) groups excluding carboxylic acids is 1. The number of benzene rings is 3. The molecule has 10 heteroatoms. The van der Waals surface area contributed by atoms with Crippen molar-refractivity contribution < 1.29 is 14.5 Å². The first-order chi connectivity index (χ1) is 16.7. The Kier molecular flexibility index (Phi) is 6.13. The van der Waals surface area contributed by atoms with Crippen LogP contribution in [-0.4, -0.2) is 22.9 Å². The average Bonchev–Trinajstić information content (AvgIpc) is 3.28. The number of nitrogens with one attached hydrogen (secondary N) is 2. The number of fused-ring (bicyclic) bond motifs is 2. The van der Waals surface area contributed by atoms with Gasteiger partial charge in [0.1, 0.15) is 6.61 Å².